The summed E-state index contributed by atoms with van der Waals surface area (Å²) in [6, 6.07) is 24.6. The number of pyridine rings is 1. The van der Waals surface area contributed by atoms with Gasteiger partial charge in [-0.05, 0) is 44.0 Å². The monoisotopic (exact) mass is 688 g/mol. The fraction of sp³-hybridized carbons (Fsp3) is 0.242. The molecule has 9 heteroatoms. The van der Waals surface area contributed by atoms with Gasteiger partial charge in [-0.1, -0.05) is 92.5 Å². The van der Waals surface area contributed by atoms with Crippen LogP contribution in [-0.2, 0) is 14.3 Å². The van der Waals surface area contributed by atoms with Crippen LogP contribution >= 0.6 is 31.9 Å². The molecule has 7 nitrogen and oxygen atoms in total. The molecule has 0 radical (unpaired) electrons. The SMILES string of the molecule is CC(OC(=O)c1cc(-c2ccc(N3C(=O)C4CC(Br)C(Br)CC4C3=O)cc2)nc2ccccc12)C(=O)c1ccccc1. The Morgan fingerprint density at radius 2 is 1.45 bits per heavy atom. The maximum absolute atomic E-state index is 13.4. The molecule has 0 N–H and O–H groups in total. The maximum atomic E-state index is 13.4. The third-order valence-electron chi connectivity index (χ3n) is 7.98. The van der Waals surface area contributed by atoms with Crippen molar-refractivity contribution >= 4 is 72.0 Å². The van der Waals surface area contributed by atoms with Crippen molar-refractivity contribution < 1.29 is 23.9 Å². The number of nitrogens with zero attached hydrogens (tertiary/aromatic N) is 2. The number of halogens is 2. The van der Waals surface area contributed by atoms with Crippen LogP contribution in [0.15, 0.2) is 84.9 Å². The van der Waals surface area contributed by atoms with E-state index in [0.29, 0.717) is 46.3 Å². The number of benzene rings is 3. The first kappa shape index (κ1) is 28.4. The van der Waals surface area contributed by atoms with Crippen molar-refractivity contribution in [3.63, 3.8) is 0 Å². The molecule has 2 aliphatic rings. The van der Waals surface area contributed by atoms with E-state index >= 15 is 0 Å². The minimum absolute atomic E-state index is 0.136. The number of aromatic nitrogens is 1. The van der Waals surface area contributed by atoms with Crippen LogP contribution < -0.4 is 4.90 Å². The molecule has 5 unspecified atom stereocenters. The molecule has 1 saturated heterocycles. The van der Waals surface area contributed by atoms with Crippen molar-refractivity contribution in [3.05, 3.63) is 96.1 Å². The zero-order valence-electron chi connectivity index (χ0n) is 22.6. The van der Waals surface area contributed by atoms with Crippen LogP contribution in [0.2, 0.25) is 0 Å². The standard InChI is InChI=1S/C33H26Br2N2O5/c1-18(30(38)20-7-3-2-4-8-20)42-33(41)25-17-29(36-28-10-6-5-9-22(25)28)19-11-13-21(14-12-19)37-31(39)23-15-26(34)27(35)16-24(23)32(37)40/h2-14,17-18,23-24,26-27H,15-16H2,1H3. The summed E-state index contributed by atoms with van der Waals surface area (Å²) in [6.45, 7) is 1.56. The molecule has 5 atom stereocenters. The fourth-order valence-electron chi connectivity index (χ4n) is 5.74. The fourth-order valence-corrected chi connectivity index (χ4v) is 6.97. The molecule has 1 aliphatic carbocycles. The third kappa shape index (κ3) is 5.20. The number of imide groups is 1. The lowest BCUT2D eigenvalue weighted by molar-refractivity contribution is -0.122. The number of Topliss-reactive ketones (excluding diaryl/α,β-unsaturated/α-hetero) is 1. The van der Waals surface area contributed by atoms with Crippen LogP contribution in [0.4, 0.5) is 5.69 Å². The van der Waals surface area contributed by atoms with E-state index in [1.807, 2.05) is 18.2 Å². The Balaban J connectivity index is 1.28. The number of hydrogen-bond acceptors (Lipinski definition) is 6. The molecule has 2 heterocycles. The number of ketones is 1. The highest BCUT2D eigenvalue weighted by Gasteiger charge is 2.52. The molecule has 4 aromatic rings. The van der Waals surface area contributed by atoms with Crippen molar-refractivity contribution in [3.8, 4) is 11.3 Å². The van der Waals surface area contributed by atoms with E-state index in [2.05, 4.69) is 31.9 Å². The van der Waals surface area contributed by atoms with E-state index in [1.165, 1.54) is 4.90 Å². The number of anilines is 1. The molecule has 1 saturated carbocycles. The van der Waals surface area contributed by atoms with Crippen molar-refractivity contribution in [1.82, 2.24) is 4.98 Å². The summed E-state index contributed by atoms with van der Waals surface area (Å²) in [4.78, 5) is 59.0. The highest BCUT2D eigenvalue weighted by atomic mass is 79.9. The second-order valence-corrected chi connectivity index (χ2v) is 13.0. The lowest BCUT2D eigenvalue weighted by Crippen LogP contribution is -2.34. The number of carbonyl (C=O) groups is 4. The van der Waals surface area contributed by atoms with Gasteiger partial charge in [0.05, 0.1) is 34.3 Å². The van der Waals surface area contributed by atoms with Crippen molar-refractivity contribution in [2.75, 3.05) is 4.90 Å². The van der Waals surface area contributed by atoms with E-state index in [9.17, 15) is 19.2 Å². The predicted molar refractivity (Wildman–Crippen MR) is 167 cm³/mol. The topological polar surface area (TPSA) is 93.6 Å². The van der Waals surface area contributed by atoms with E-state index in [4.69, 9.17) is 9.72 Å². The van der Waals surface area contributed by atoms with Crippen LogP contribution in [-0.4, -0.2) is 44.3 Å². The second kappa shape index (κ2) is 11.5. The Kier molecular flexibility index (Phi) is 7.81. The average molecular weight is 690 g/mol. The highest BCUT2D eigenvalue weighted by Crippen LogP contribution is 2.44. The molecule has 0 spiro atoms. The van der Waals surface area contributed by atoms with Crippen LogP contribution in [0.3, 0.4) is 0 Å². The lowest BCUT2D eigenvalue weighted by atomic mass is 9.81. The number of amides is 2. The number of esters is 1. The van der Waals surface area contributed by atoms with Gasteiger partial charge in [-0.15, -0.1) is 0 Å². The Hall–Kier alpha value is -3.69. The summed E-state index contributed by atoms with van der Waals surface area (Å²) in [5, 5.41) is 0.605. The summed E-state index contributed by atoms with van der Waals surface area (Å²) in [7, 11) is 0. The van der Waals surface area contributed by atoms with E-state index < -0.39 is 12.1 Å². The summed E-state index contributed by atoms with van der Waals surface area (Å²) < 4.78 is 5.62. The Labute approximate surface area is 259 Å². The van der Waals surface area contributed by atoms with Gasteiger partial charge >= 0.3 is 5.97 Å². The first-order valence-corrected chi connectivity index (χ1v) is 15.5. The number of ether oxygens (including phenoxy) is 1. The second-order valence-electron chi connectivity index (χ2n) is 10.6. The summed E-state index contributed by atoms with van der Waals surface area (Å²) >= 11 is 7.25. The van der Waals surface area contributed by atoms with E-state index in [-0.39, 0.29) is 44.7 Å². The number of carbonyl (C=O) groups excluding carboxylic acids is 4. The summed E-state index contributed by atoms with van der Waals surface area (Å²) in [5.41, 5.74) is 3.07. The Bertz CT molecular complexity index is 1680. The first-order valence-electron chi connectivity index (χ1n) is 13.7. The van der Waals surface area contributed by atoms with Gasteiger partial charge in [0, 0.05) is 26.2 Å². The molecule has 1 aromatic heterocycles. The van der Waals surface area contributed by atoms with E-state index in [1.54, 1.807) is 73.7 Å². The quantitative estimate of drug-likeness (QED) is 0.0962. The highest BCUT2D eigenvalue weighted by molar-refractivity contribution is 9.12. The summed E-state index contributed by atoms with van der Waals surface area (Å²) in [5.74, 6) is -1.93. The number of fused-ring (bicyclic) bond motifs is 2. The first-order chi connectivity index (χ1) is 20.2. The van der Waals surface area contributed by atoms with Crippen molar-refractivity contribution in [1.29, 1.82) is 0 Å². The van der Waals surface area contributed by atoms with Crippen LogP contribution in [0.25, 0.3) is 22.2 Å². The van der Waals surface area contributed by atoms with Gasteiger partial charge in [0.1, 0.15) is 0 Å². The third-order valence-corrected chi connectivity index (χ3v) is 10.7. The van der Waals surface area contributed by atoms with Gasteiger partial charge < -0.3 is 4.74 Å². The number of hydrogen-bond donors (Lipinski definition) is 0. The maximum Gasteiger partial charge on any atom is 0.339 e. The molecular weight excluding hydrogens is 664 g/mol. The number of alkyl halides is 2. The lowest BCUT2D eigenvalue weighted by Gasteiger charge is -2.29. The smallest absolute Gasteiger partial charge is 0.339 e. The molecule has 0 bridgehead atoms. The van der Waals surface area contributed by atoms with Crippen LogP contribution in [0.1, 0.15) is 40.5 Å². The van der Waals surface area contributed by atoms with Gasteiger partial charge in [-0.2, -0.15) is 0 Å². The van der Waals surface area contributed by atoms with E-state index in [0.717, 1.165) is 0 Å². The van der Waals surface area contributed by atoms with Crippen LogP contribution in [0.5, 0.6) is 0 Å². The average Bonchev–Trinajstić information content (AvgIpc) is 3.24. The van der Waals surface area contributed by atoms with Crippen molar-refractivity contribution in [2.24, 2.45) is 11.8 Å². The molecular formula is C33H26Br2N2O5. The molecule has 42 heavy (non-hydrogen) atoms. The zero-order valence-corrected chi connectivity index (χ0v) is 25.7. The van der Waals surface area contributed by atoms with Gasteiger partial charge in [0.2, 0.25) is 17.6 Å². The van der Waals surface area contributed by atoms with Gasteiger partial charge in [-0.25, -0.2) is 9.78 Å². The van der Waals surface area contributed by atoms with Crippen molar-refractivity contribution in [2.45, 2.75) is 35.5 Å². The minimum Gasteiger partial charge on any atom is -0.451 e. The zero-order chi connectivity index (χ0) is 29.5. The predicted octanol–water partition coefficient (Wildman–Crippen LogP) is 6.76. The molecule has 212 valence electrons. The van der Waals surface area contributed by atoms with Gasteiger partial charge in [-0.3, -0.25) is 19.3 Å². The molecule has 6 rings (SSSR count). The Morgan fingerprint density at radius 3 is 2.10 bits per heavy atom. The molecule has 1 aliphatic heterocycles. The minimum atomic E-state index is -0.978. The van der Waals surface area contributed by atoms with Gasteiger partial charge in [0.25, 0.3) is 0 Å². The number of rotatable bonds is 6. The number of para-hydroxylation sites is 1. The Morgan fingerprint density at radius 1 is 0.857 bits per heavy atom. The largest absolute Gasteiger partial charge is 0.451 e. The molecule has 3 aromatic carbocycles. The summed E-state index contributed by atoms with van der Waals surface area (Å²) in [6.07, 6.45) is 0.234. The molecule has 2 fully saturated rings. The normalized spacial score (nSPS) is 22.6. The molecule has 2 amide bonds. The van der Waals surface area contributed by atoms with Gasteiger partial charge in [0.15, 0.2) is 6.10 Å². The van der Waals surface area contributed by atoms with Crippen LogP contribution in [0, 0.1) is 11.8 Å².